The molecule has 0 aliphatic heterocycles. The molecule has 4 radical (unpaired) electrons. The summed E-state index contributed by atoms with van der Waals surface area (Å²) in [6.45, 7) is 3.78. The Morgan fingerprint density at radius 2 is 1.12 bits per heavy atom. The lowest BCUT2D eigenvalue weighted by atomic mass is 9.86. The minimum atomic E-state index is 0. The van der Waals surface area contributed by atoms with Gasteiger partial charge < -0.3 is 12.9 Å². The van der Waals surface area contributed by atoms with Gasteiger partial charge >= 0.3 is 0 Å². The first-order chi connectivity index (χ1) is 7.77. The molecule has 0 unspecified atom stereocenters. The standard InChI is InChI=1S/C15H30N.B/c1-3-16(2,14-10-6-4-7-11-14)15-12-8-5-9-13-15;/h14-15H,3-13H2,1-2H3;/q+1;-1. The van der Waals surface area contributed by atoms with Gasteiger partial charge in [-0.25, -0.2) is 0 Å². The van der Waals surface area contributed by atoms with Gasteiger partial charge in [0.25, 0.3) is 0 Å². The first-order valence-electron chi connectivity index (χ1n) is 7.62. The van der Waals surface area contributed by atoms with E-state index in [1.807, 2.05) is 0 Å². The van der Waals surface area contributed by atoms with Crippen molar-refractivity contribution in [1.82, 2.24) is 0 Å². The van der Waals surface area contributed by atoms with Crippen LogP contribution in [0.1, 0.15) is 71.1 Å². The maximum atomic E-state index is 2.56. The molecule has 0 saturated heterocycles. The predicted molar refractivity (Wildman–Crippen MR) is 76.2 cm³/mol. The van der Waals surface area contributed by atoms with Crippen molar-refractivity contribution < 1.29 is 4.48 Å². The zero-order valence-electron chi connectivity index (χ0n) is 12.0. The highest BCUT2D eigenvalue weighted by Gasteiger charge is 2.39. The van der Waals surface area contributed by atoms with Crippen LogP contribution in [0.3, 0.4) is 0 Å². The van der Waals surface area contributed by atoms with Gasteiger partial charge in [0, 0.05) is 0 Å². The average molecular weight is 235 g/mol. The lowest BCUT2D eigenvalue weighted by Crippen LogP contribution is -2.59. The van der Waals surface area contributed by atoms with E-state index in [4.69, 9.17) is 0 Å². The van der Waals surface area contributed by atoms with Gasteiger partial charge in [0.05, 0.1) is 25.7 Å². The molecule has 2 fully saturated rings. The second-order valence-corrected chi connectivity index (χ2v) is 6.25. The SMILES string of the molecule is CC[N+](C)(C1CCCCC1)C1CCCCC1.[B-]. The van der Waals surface area contributed by atoms with Gasteiger partial charge in [-0.1, -0.05) is 12.8 Å². The Balaban J connectivity index is 0.00000144. The molecule has 2 aliphatic rings. The number of hydrogen-bond donors (Lipinski definition) is 0. The van der Waals surface area contributed by atoms with E-state index >= 15 is 0 Å². The smallest absolute Gasteiger partial charge is 0.0890 e. The molecule has 1 nitrogen and oxygen atoms in total. The van der Waals surface area contributed by atoms with Crippen LogP contribution >= 0.6 is 0 Å². The molecule has 98 valence electrons. The Hall–Kier alpha value is 0.0249. The summed E-state index contributed by atoms with van der Waals surface area (Å²) in [4.78, 5) is 0. The highest BCUT2D eigenvalue weighted by molar-refractivity contribution is 5.75. The van der Waals surface area contributed by atoms with Crippen molar-refractivity contribution in [3.05, 3.63) is 0 Å². The molecule has 0 aromatic carbocycles. The zero-order valence-corrected chi connectivity index (χ0v) is 12.0. The summed E-state index contributed by atoms with van der Waals surface area (Å²) < 4.78 is 1.40. The molecule has 2 heteroatoms. The van der Waals surface area contributed by atoms with Crippen molar-refractivity contribution in [3.63, 3.8) is 0 Å². The molecule has 0 heterocycles. The quantitative estimate of drug-likeness (QED) is 0.516. The van der Waals surface area contributed by atoms with Crippen LogP contribution in [0.5, 0.6) is 0 Å². The fourth-order valence-corrected chi connectivity index (χ4v) is 4.16. The third kappa shape index (κ3) is 3.27. The van der Waals surface area contributed by atoms with Gasteiger partial charge in [0.15, 0.2) is 0 Å². The largest absolute Gasteiger partial charge is 1.00 e. The lowest BCUT2D eigenvalue weighted by molar-refractivity contribution is -0.957. The van der Waals surface area contributed by atoms with Gasteiger partial charge in [-0.2, -0.15) is 0 Å². The fourth-order valence-electron chi connectivity index (χ4n) is 4.16. The van der Waals surface area contributed by atoms with Gasteiger partial charge in [0.2, 0.25) is 0 Å². The van der Waals surface area contributed by atoms with Crippen LogP contribution in [0, 0.1) is 0 Å². The molecular weight excluding hydrogens is 205 g/mol. The minimum Gasteiger partial charge on any atom is -1.00 e. The Kier molecular flexibility index (Phi) is 6.05. The Morgan fingerprint density at radius 3 is 1.41 bits per heavy atom. The topological polar surface area (TPSA) is 0 Å². The second kappa shape index (κ2) is 6.82. The normalized spacial score (nSPS) is 24.4. The van der Waals surface area contributed by atoms with E-state index in [1.54, 1.807) is 0 Å². The Morgan fingerprint density at radius 1 is 0.765 bits per heavy atom. The van der Waals surface area contributed by atoms with Crippen molar-refractivity contribution in [2.75, 3.05) is 13.6 Å². The Bertz CT molecular complexity index is 187. The van der Waals surface area contributed by atoms with E-state index in [-0.39, 0.29) is 8.41 Å². The summed E-state index contributed by atoms with van der Waals surface area (Å²) in [7, 11) is 2.56. The molecule has 2 aliphatic carbocycles. The van der Waals surface area contributed by atoms with Gasteiger partial charge in [-0.05, 0) is 58.3 Å². The molecule has 0 atom stereocenters. The summed E-state index contributed by atoms with van der Waals surface area (Å²) >= 11 is 0. The maximum Gasteiger partial charge on any atom is 0.0890 e. The van der Waals surface area contributed by atoms with E-state index in [1.165, 1.54) is 75.2 Å². The molecule has 0 bridgehead atoms. The van der Waals surface area contributed by atoms with Crippen LogP contribution in [0.25, 0.3) is 0 Å². The summed E-state index contributed by atoms with van der Waals surface area (Å²) in [6.07, 6.45) is 15.0. The van der Waals surface area contributed by atoms with Crippen molar-refractivity contribution in [3.8, 4) is 0 Å². The third-order valence-electron chi connectivity index (χ3n) is 5.50. The van der Waals surface area contributed by atoms with Crippen molar-refractivity contribution in [2.45, 2.75) is 83.2 Å². The first kappa shape index (κ1) is 15.1. The van der Waals surface area contributed by atoms with E-state index in [2.05, 4.69) is 14.0 Å². The number of rotatable bonds is 3. The predicted octanol–water partition coefficient (Wildman–Crippen LogP) is 3.74. The first-order valence-corrected chi connectivity index (χ1v) is 7.62. The highest BCUT2D eigenvalue weighted by Crippen LogP contribution is 2.34. The van der Waals surface area contributed by atoms with Crippen LogP contribution in [0.2, 0.25) is 0 Å². The molecule has 17 heavy (non-hydrogen) atoms. The van der Waals surface area contributed by atoms with Gasteiger partial charge in [-0.3, -0.25) is 0 Å². The number of quaternary nitrogens is 1. The molecule has 0 amide bonds. The van der Waals surface area contributed by atoms with E-state index < -0.39 is 0 Å². The molecular formula is C15H30BN. The molecule has 0 aromatic rings. The maximum absolute atomic E-state index is 2.56. The number of hydrogen-bond acceptors (Lipinski definition) is 0. The van der Waals surface area contributed by atoms with Crippen LogP contribution in [0.4, 0.5) is 0 Å². The van der Waals surface area contributed by atoms with Crippen molar-refractivity contribution in [2.24, 2.45) is 0 Å². The van der Waals surface area contributed by atoms with Crippen molar-refractivity contribution >= 4 is 8.41 Å². The molecule has 0 N–H and O–H groups in total. The van der Waals surface area contributed by atoms with E-state index in [0.29, 0.717) is 0 Å². The molecule has 2 saturated carbocycles. The highest BCUT2D eigenvalue weighted by atomic mass is 15.4. The molecule has 0 spiro atoms. The van der Waals surface area contributed by atoms with Crippen LogP contribution < -0.4 is 0 Å². The monoisotopic (exact) mass is 235 g/mol. The summed E-state index contributed by atoms with van der Waals surface area (Å²) in [5.74, 6) is 0. The molecule has 2 rings (SSSR count). The molecule has 0 aromatic heterocycles. The van der Waals surface area contributed by atoms with Gasteiger partial charge in [-0.15, -0.1) is 0 Å². The average Bonchev–Trinajstić information content (AvgIpc) is 2.40. The summed E-state index contributed by atoms with van der Waals surface area (Å²) in [5.41, 5.74) is 0. The Labute approximate surface area is 110 Å². The lowest BCUT2D eigenvalue weighted by Gasteiger charge is -2.49. The summed E-state index contributed by atoms with van der Waals surface area (Å²) in [6, 6.07) is 1.98. The van der Waals surface area contributed by atoms with Crippen LogP contribution in [0.15, 0.2) is 0 Å². The summed E-state index contributed by atoms with van der Waals surface area (Å²) in [5, 5.41) is 0. The van der Waals surface area contributed by atoms with Crippen LogP contribution in [-0.2, 0) is 0 Å². The van der Waals surface area contributed by atoms with Crippen molar-refractivity contribution in [1.29, 1.82) is 0 Å². The van der Waals surface area contributed by atoms with Crippen LogP contribution in [-0.4, -0.2) is 38.6 Å². The fraction of sp³-hybridized carbons (Fsp3) is 1.00. The van der Waals surface area contributed by atoms with E-state index in [9.17, 15) is 0 Å². The third-order valence-corrected chi connectivity index (χ3v) is 5.50. The number of nitrogens with zero attached hydrogens (tertiary/aromatic N) is 1. The second-order valence-electron chi connectivity index (χ2n) is 6.25. The van der Waals surface area contributed by atoms with E-state index in [0.717, 1.165) is 12.1 Å². The zero-order chi connectivity index (χ0) is 11.4. The van der Waals surface area contributed by atoms with Gasteiger partial charge in [0.1, 0.15) is 0 Å². The minimum absolute atomic E-state index is 0.